The first-order chi connectivity index (χ1) is 9.19. The Hall–Kier alpha value is -1.14. The lowest BCUT2D eigenvalue weighted by Gasteiger charge is -2.10. The number of halogens is 2. The number of fused-ring (bicyclic) bond motifs is 1. The predicted molar refractivity (Wildman–Crippen MR) is 79.7 cm³/mol. The van der Waals surface area contributed by atoms with Gasteiger partial charge in [-0.05, 0) is 34.1 Å². The quantitative estimate of drug-likeness (QED) is 0.902. The molecule has 1 aromatic heterocycles. The van der Waals surface area contributed by atoms with E-state index in [0.717, 1.165) is 28.6 Å². The molecule has 0 bridgehead atoms. The Morgan fingerprint density at radius 3 is 2.89 bits per heavy atom. The van der Waals surface area contributed by atoms with Gasteiger partial charge in [0, 0.05) is 34.2 Å². The molecule has 1 aliphatic rings. The Kier molecular flexibility index (Phi) is 3.45. The molecule has 3 nitrogen and oxygen atoms in total. The van der Waals surface area contributed by atoms with Crippen LogP contribution in [-0.2, 0) is 11.5 Å². The average Bonchev–Trinajstić information content (AvgIpc) is 2.85. The molecule has 1 N–H and O–H groups in total. The molecule has 0 saturated heterocycles. The normalized spacial score (nSPS) is 13.4. The number of nitrogens with zero attached hydrogens (tertiary/aromatic N) is 2. The highest BCUT2D eigenvalue weighted by molar-refractivity contribution is 9.10. The van der Waals surface area contributed by atoms with Gasteiger partial charge >= 0.3 is 0 Å². The van der Waals surface area contributed by atoms with E-state index in [-0.39, 0.29) is 5.82 Å². The standard InChI is InChI=1S/C13H11BrFN3S/c1-16-12-9-5-19-6-11(9)17-13(18-12)8-3-2-7(15)4-10(8)14/h2-4H,5-6H2,1H3,(H,16,17,18). The van der Waals surface area contributed by atoms with Crippen molar-refractivity contribution in [2.45, 2.75) is 11.5 Å². The minimum Gasteiger partial charge on any atom is -0.373 e. The van der Waals surface area contributed by atoms with Gasteiger partial charge in [0.05, 0.1) is 5.69 Å². The van der Waals surface area contributed by atoms with Gasteiger partial charge < -0.3 is 5.32 Å². The van der Waals surface area contributed by atoms with Gasteiger partial charge in [-0.15, -0.1) is 0 Å². The summed E-state index contributed by atoms with van der Waals surface area (Å²) in [7, 11) is 1.86. The Labute approximate surface area is 123 Å². The fourth-order valence-electron chi connectivity index (χ4n) is 2.05. The molecule has 1 aliphatic heterocycles. The molecular weight excluding hydrogens is 329 g/mol. The zero-order valence-electron chi connectivity index (χ0n) is 10.2. The summed E-state index contributed by atoms with van der Waals surface area (Å²) in [5.41, 5.74) is 3.04. The van der Waals surface area contributed by atoms with Crippen LogP contribution < -0.4 is 5.32 Å². The number of anilines is 1. The molecule has 0 atom stereocenters. The van der Waals surface area contributed by atoms with Gasteiger partial charge in [-0.2, -0.15) is 11.8 Å². The summed E-state index contributed by atoms with van der Waals surface area (Å²) in [6.07, 6.45) is 0. The number of hydrogen-bond acceptors (Lipinski definition) is 4. The lowest BCUT2D eigenvalue weighted by atomic mass is 10.2. The maximum absolute atomic E-state index is 13.1. The smallest absolute Gasteiger partial charge is 0.162 e. The summed E-state index contributed by atoms with van der Waals surface area (Å²) in [5.74, 6) is 3.05. The van der Waals surface area contributed by atoms with Crippen LogP contribution in [0, 0.1) is 5.82 Å². The number of thioether (sulfide) groups is 1. The first kappa shape index (κ1) is 12.9. The van der Waals surface area contributed by atoms with Crippen LogP contribution in [0.4, 0.5) is 10.2 Å². The highest BCUT2D eigenvalue weighted by atomic mass is 79.9. The maximum atomic E-state index is 13.1. The van der Waals surface area contributed by atoms with Gasteiger partial charge in [0.1, 0.15) is 11.6 Å². The number of hydrogen-bond donors (Lipinski definition) is 1. The molecule has 2 aromatic rings. The van der Waals surface area contributed by atoms with E-state index in [1.165, 1.54) is 17.7 Å². The van der Waals surface area contributed by atoms with Gasteiger partial charge in [0.15, 0.2) is 5.82 Å². The molecule has 0 spiro atoms. The van der Waals surface area contributed by atoms with Crippen molar-refractivity contribution in [1.82, 2.24) is 9.97 Å². The third kappa shape index (κ3) is 2.34. The molecule has 3 rings (SSSR count). The second-order valence-electron chi connectivity index (χ2n) is 4.19. The molecule has 0 amide bonds. The van der Waals surface area contributed by atoms with Crippen molar-refractivity contribution in [2.75, 3.05) is 12.4 Å². The van der Waals surface area contributed by atoms with Gasteiger partial charge in [-0.3, -0.25) is 0 Å². The fraction of sp³-hybridized carbons (Fsp3) is 0.231. The summed E-state index contributed by atoms with van der Waals surface area (Å²) >= 11 is 5.19. The van der Waals surface area contributed by atoms with Gasteiger partial charge in [0.2, 0.25) is 0 Å². The highest BCUT2D eigenvalue weighted by Crippen LogP contribution is 2.35. The van der Waals surface area contributed by atoms with Crippen molar-refractivity contribution in [3.63, 3.8) is 0 Å². The zero-order chi connectivity index (χ0) is 13.4. The molecule has 6 heteroatoms. The van der Waals surface area contributed by atoms with Crippen LogP contribution in [0.15, 0.2) is 22.7 Å². The molecule has 0 aliphatic carbocycles. The first-order valence-electron chi connectivity index (χ1n) is 5.79. The van der Waals surface area contributed by atoms with Crippen LogP contribution in [0.3, 0.4) is 0 Å². The average molecular weight is 340 g/mol. The molecule has 98 valence electrons. The Morgan fingerprint density at radius 1 is 1.32 bits per heavy atom. The van der Waals surface area contributed by atoms with E-state index >= 15 is 0 Å². The lowest BCUT2D eigenvalue weighted by molar-refractivity contribution is 0.627. The van der Waals surface area contributed by atoms with Gasteiger partial charge in [-0.25, -0.2) is 14.4 Å². The van der Waals surface area contributed by atoms with Crippen LogP contribution in [0.25, 0.3) is 11.4 Å². The molecule has 1 aromatic carbocycles. The second-order valence-corrected chi connectivity index (χ2v) is 6.03. The van der Waals surface area contributed by atoms with E-state index < -0.39 is 0 Å². The van der Waals surface area contributed by atoms with E-state index in [0.29, 0.717) is 10.3 Å². The van der Waals surface area contributed by atoms with E-state index in [9.17, 15) is 4.39 Å². The van der Waals surface area contributed by atoms with Crippen LogP contribution in [0.1, 0.15) is 11.3 Å². The van der Waals surface area contributed by atoms with Crippen molar-refractivity contribution in [3.05, 3.63) is 39.7 Å². The van der Waals surface area contributed by atoms with E-state index in [2.05, 4.69) is 31.2 Å². The SMILES string of the molecule is CNc1nc(-c2ccc(F)cc2Br)nc2c1CSC2. The maximum Gasteiger partial charge on any atom is 0.162 e. The van der Waals surface area contributed by atoms with Crippen molar-refractivity contribution in [1.29, 1.82) is 0 Å². The number of benzene rings is 1. The predicted octanol–water partition coefficient (Wildman–Crippen LogP) is 3.83. The lowest BCUT2D eigenvalue weighted by Crippen LogP contribution is -2.03. The van der Waals surface area contributed by atoms with Crippen LogP contribution in [0.2, 0.25) is 0 Å². The van der Waals surface area contributed by atoms with Gasteiger partial charge in [0.25, 0.3) is 0 Å². The molecular formula is C13H11BrFN3S. The third-order valence-electron chi connectivity index (χ3n) is 2.99. The van der Waals surface area contributed by atoms with Crippen LogP contribution in [-0.4, -0.2) is 17.0 Å². The first-order valence-corrected chi connectivity index (χ1v) is 7.74. The molecule has 0 unspecified atom stereocenters. The molecule has 0 fully saturated rings. The number of aromatic nitrogens is 2. The summed E-state index contributed by atoms with van der Waals surface area (Å²) < 4.78 is 13.8. The monoisotopic (exact) mass is 339 g/mol. The van der Waals surface area contributed by atoms with Crippen LogP contribution in [0.5, 0.6) is 0 Å². The minimum absolute atomic E-state index is 0.277. The molecule has 0 radical (unpaired) electrons. The van der Waals surface area contributed by atoms with Crippen molar-refractivity contribution >= 4 is 33.5 Å². The van der Waals surface area contributed by atoms with E-state index in [4.69, 9.17) is 0 Å². The molecule has 19 heavy (non-hydrogen) atoms. The van der Waals surface area contributed by atoms with Gasteiger partial charge in [-0.1, -0.05) is 0 Å². The Bertz CT molecular complexity index is 648. The Balaban J connectivity index is 2.15. The number of rotatable bonds is 2. The summed E-state index contributed by atoms with van der Waals surface area (Å²) in [5, 5.41) is 3.11. The largest absolute Gasteiger partial charge is 0.373 e. The summed E-state index contributed by atoms with van der Waals surface area (Å²) in [6, 6.07) is 4.55. The fourth-order valence-corrected chi connectivity index (χ4v) is 3.62. The van der Waals surface area contributed by atoms with Crippen LogP contribution >= 0.6 is 27.7 Å². The number of nitrogens with one attached hydrogen (secondary N) is 1. The zero-order valence-corrected chi connectivity index (χ0v) is 12.6. The van der Waals surface area contributed by atoms with E-state index in [1.54, 1.807) is 6.07 Å². The van der Waals surface area contributed by atoms with Crippen molar-refractivity contribution in [3.8, 4) is 11.4 Å². The Morgan fingerprint density at radius 2 is 2.16 bits per heavy atom. The topological polar surface area (TPSA) is 37.8 Å². The molecule has 2 heterocycles. The van der Waals surface area contributed by atoms with Crippen molar-refractivity contribution < 1.29 is 4.39 Å². The second kappa shape index (κ2) is 5.09. The summed E-state index contributed by atoms with van der Waals surface area (Å²) in [6.45, 7) is 0. The molecule has 0 saturated carbocycles. The van der Waals surface area contributed by atoms with E-state index in [1.807, 2.05) is 18.8 Å². The summed E-state index contributed by atoms with van der Waals surface area (Å²) in [4.78, 5) is 9.13. The van der Waals surface area contributed by atoms with Crippen molar-refractivity contribution in [2.24, 2.45) is 0 Å². The highest BCUT2D eigenvalue weighted by Gasteiger charge is 2.20. The minimum atomic E-state index is -0.277. The third-order valence-corrected chi connectivity index (χ3v) is 4.61.